The van der Waals surface area contributed by atoms with Crippen molar-refractivity contribution in [3.8, 4) is 5.75 Å². The van der Waals surface area contributed by atoms with E-state index in [0.29, 0.717) is 13.0 Å². The van der Waals surface area contributed by atoms with Gasteiger partial charge in [-0.25, -0.2) is 0 Å². The number of methoxy groups -OCH3 is 1. The second-order valence-electron chi connectivity index (χ2n) is 8.21. The van der Waals surface area contributed by atoms with Crippen LogP contribution in [0, 0.1) is 12.8 Å². The van der Waals surface area contributed by atoms with Gasteiger partial charge in [-0.3, -0.25) is 4.79 Å². The molecule has 0 radical (unpaired) electrons. The van der Waals surface area contributed by atoms with Crippen molar-refractivity contribution in [2.75, 3.05) is 13.7 Å². The number of hydrogen-bond donors (Lipinski definition) is 1. The molecule has 0 spiro atoms. The molecule has 2 fully saturated rings. The van der Waals surface area contributed by atoms with Gasteiger partial charge in [0.2, 0.25) is 0 Å². The SMILES string of the molecule is COc1ccccc1[C@@H]1[C@H]2CCCC[C@@]2(O)CCN1C(=O)c1ccccc1C. The van der Waals surface area contributed by atoms with Gasteiger partial charge in [0.15, 0.2) is 0 Å². The van der Waals surface area contributed by atoms with Crippen LogP contribution in [-0.4, -0.2) is 35.2 Å². The number of nitrogens with zero attached hydrogens (tertiary/aromatic N) is 1. The zero-order valence-electron chi connectivity index (χ0n) is 16.7. The highest BCUT2D eigenvalue weighted by Gasteiger charge is 2.50. The van der Waals surface area contributed by atoms with Gasteiger partial charge in [0.25, 0.3) is 5.91 Å². The molecule has 2 aliphatic rings. The summed E-state index contributed by atoms with van der Waals surface area (Å²) in [5, 5.41) is 11.4. The minimum atomic E-state index is -0.702. The summed E-state index contributed by atoms with van der Waals surface area (Å²) < 4.78 is 5.65. The standard InChI is InChI=1S/C24H29NO3/c1-17-9-3-4-10-18(17)23(26)25-16-15-24(27)14-8-7-12-20(24)22(25)19-11-5-6-13-21(19)28-2/h3-6,9-11,13,20,22,27H,7-8,12,14-16H2,1-2H3/t20-,22-,24-/m1/s1. The molecule has 1 aliphatic heterocycles. The van der Waals surface area contributed by atoms with E-state index in [1.165, 1.54) is 0 Å². The third-order valence-electron chi connectivity index (χ3n) is 6.66. The van der Waals surface area contributed by atoms with E-state index < -0.39 is 5.60 Å². The van der Waals surface area contributed by atoms with E-state index in [4.69, 9.17) is 4.74 Å². The quantitative estimate of drug-likeness (QED) is 0.853. The molecule has 2 aromatic rings. The number of piperidine rings is 1. The van der Waals surface area contributed by atoms with Crippen LogP contribution in [0.25, 0.3) is 0 Å². The highest BCUT2D eigenvalue weighted by molar-refractivity contribution is 5.96. The summed E-state index contributed by atoms with van der Waals surface area (Å²) in [5.41, 5.74) is 2.02. The van der Waals surface area contributed by atoms with Crippen molar-refractivity contribution in [3.05, 3.63) is 65.2 Å². The van der Waals surface area contributed by atoms with Gasteiger partial charge < -0.3 is 14.7 Å². The van der Waals surface area contributed by atoms with E-state index in [1.807, 2.05) is 60.4 Å². The zero-order valence-corrected chi connectivity index (χ0v) is 16.7. The molecule has 0 aromatic heterocycles. The number of carbonyl (C=O) groups excluding carboxylic acids is 1. The number of aryl methyl sites for hydroxylation is 1. The van der Waals surface area contributed by atoms with Crippen LogP contribution >= 0.6 is 0 Å². The van der Waals surface area contributed by atoms with Crippen LogP contribution in [-0.2, 0) is 0 Å². The van der Waals surface area contributed by atoms with Crippen molar-refractivity contribution in [2.24, 2.45) is 5.92 Å². The Hall–Kier alpha value is -2.33. The first-order chi connectivity index (χ1) is 13.5. The van der Waals surface area contributed by atoms with Crippen molar-refractivity contribution in [3.63, 3.8) is 0 Å². The summed E-state index contributed by atoms with van der Waals surface area (Å²) in [5.74, 6) is 0.853. The van der Waals surface area contributed by atoms with E-state index in [2.05, 4.69) is 0 Å². The molecule has 3 atom stereocenters. The molecule has 4 nitrogen and oxygen atoms in total. The lowest BCUT2D eigenvalue weighted by Gasteiger charge is -2.52. The lowest BCUT2D eigenvalue weighted by atomic mass is 9.66. The van der Waals surface area contributed by atoms with Crippen molar-refractivity contribution >= 4 is 5.91 Å². The number of fused-ring (bicyclic) bond motifs is 1. The van der Waals surface area contributed by atoms with Crippen LogP contribution in [0.15, 0.2) is 48.5 Å². The Bertz CT molecular complexity index is 864. The summed E-state index contributed by atoms with van der Waals surface area (Å²) in [7, 11) is 1.67. The van der Waals surface area contributed by atoms with Crippen LogP contribution in [0.3, 0.4) is 0 Å². The maximum Gasteiger partial charge on any atom is 0.254 e. The zero-order chi connectivity index (χ0) is 19.7. The number of carbonyl (C=O) groups is 1. The first kappa shape index (κ1) is 19.0. The Labute approximate surface area is 167 Å². The molecule has 148 valence electrons. The van der Waals surface area contributed by atoms with E-state index in [9.17, 15) is 9.90 Å². The number of aliphatic hydroxyl groups is 1. The fraction of sp³-hybridized carbons (Fsp3) is 0.458. The number of likely N-dealkylation sites (tertiary alicyclic amines) is 1. The molecule has 1 heterocycles. The predicted molar refractivity (Wildman–Crippen MR) is 109 cm³/mol. The second-order valence-corrected chi connectivity index (χ2v) is 8.21. The van der Waals surface area contributed by atoms with Gasteiger partial charge >= 0.3 is 0 Å². The molecule has 2 aromatic carbocycles. The van der Waals surface area contributed by atoms with Gasteiger partial charge in [0.05, 0.1) is 18.8 Å². The van der Waals surface area contributed by atoms with Crippen molar-refractivity contribution < 1.29 is 14.6 Å². The molecular weight excluding hydrogens is 350 g/mol. The fourth-order valence-electron chi connectivity index (χ4n) is 5.17. The Morgan fingerprint density at radius 1 is 1.11 bits per heavy atom. The van der Waals surface area contributed by atoms with Gasteiger partial charge in [-0.1, -0.05) is 49.2 Å². The summed E-state index contributed by atoms with van der Waals surface area (Å²) >= 11 is 0. The summed E-state index contributed by atoms with van der Waals surface area (Å²) in [6.07, 6.45) is 4.52. The molecule has 1 aliphatic carbocycles. The summed E-state index contributed by atoms with van der Waals surface area (Å²) in [6.45, 7) is 2.54. The molecule has 0 unspecified atom stereocenters. The molecule has 1 amide bonds. The van der Waals surface area contributed by atoms with Gasteiger partial charge in [-0.15, -0.1) is 0 Å². The number of amides is 1. The highest BCUT2D eigenvalue weighted by atomic mass is 16.5. The molecule has 28 heavy (non-hydrogen) atoms. The topological polar surface area (TPSA) is 49.8 Å². The van der Waals surface area contributed by atoms with E-state index >= 15 is 0 Å². The number of ether oxygens (including phenoxy) is 1. The smallest absolute Gasteiger partial charge is 0.254 e. The van der Waals surface area contributed by atoms with Crippen molar-refractivity contribution in [1.82, 2.24) is 4.90 Å². The Morgan fingerprint density at radius 3 is 2.64 bits per heavy atom. The maximum atomic E-state index is 13.6. The first-order valence-corrected chi connectivity index (χ1v) is 10.3. The Kier molecular flexibility index (Phi) is 5.15. The fourth-order valence-corrected chi connectivity index (χ4v) is 5.17. The van der Waals surface area contributed by atoms with Crippen LogP contribution in [0.5, 0.6) is 5.75 Å². The van der Waals surface area contributed by atoms with E-state index in [1.54, 1.807) is 7.11 Å². The van der Waals surface area contributed by atoms with Gasteiger partial charge in [0.1, 0.15) is 5.75 Å². The molecule has 1 saturated carbocycles. The molecule has 1 N–H and O–H groups in total. The minimum Gasteiger partial charge on any atom is -0.496 e. The third kappa shape index (κ3) is 3.20. The van der Waals surface area contributed by atoms with Gasteiger partial charge in [-0.05, 0) is 43.9 Å². The summed E-state index contributed by atoms with van der Waals surface area (Å²) in [6, 6.07) is 15.5. The lowest BCUT2D eigenvalue weighted by molar-refractivity contribution is -0.115. The van der Waals surface area contributed by atoms with E-state index in [0.717, 1.165) is 48.1 Å². The molecule has 1 saturated heterocycles. The first-order valence-electron chi connectivity index (χ1n) is 10.3. The lowest BCUT2D eigenvalue weighted by Crippen LogP contribution is -2.56. The van der Waals surface area contributed by atoms with Crippen LogP contribution < -0.4 is 4.74 Å². The molecular formula is C24H29NO3. The maximum absolute atomic E-state index is 13.6. The monoisotopic (exact) mass is 379 g/mol. The minimum absolute atomic E-state index is 0.0271. The van der Waals surface area contributed by atoms with Crippen LogP contribution in [0.4, 0.5) is 0 Å². The number of hydrogen-bond acceptors (Lipinski definition) is 3. The Balaban J connectivity index is 1.80. The van der Waals surface area contributed by atoms with Crippen LogP contribution in [0.2, 0.25) is 0 Å². The average Bonchev–Trinajstić information content (AvgIpc) is 2.72. The highest BCUT2D eigenvalue weighted by Crippen LogP contribution is 2.51. The van der Waals surface area contributed by atoms with E-state index in [-0.39, 0.29) is 17.9 Å². The molecule has 4 heteroatoms. The van der Waals surface area contributed by atoms with Crippen molar-refractivity contribution in [2.45, 2.75) is 50.7 Å². The number of para-hydroxylation sites is 1. The predicted octanol–water partition coefficient (Wildman–Crippen LogP) is 4.51. The third-order valence-corrected chi connectivity index (χ3v) is 6.66. The van der Waals surface area contributed by atoms with Crippen LogP contribution in [0.1, 0.15) is 59.6 Å². The van der Waals surface area contributed by atoms with Gasteiger partial charge in [0, 0.05) is 23.6 Å². The number of benzene rings is 2. The van der Waals surface area contributed by atoms with Crippen molar-refractivity contribution in [1.29, 1.82) is 0 Å². The van der Waals surface area contributed by atoms with Gasteiger partial charge in [-0.2, -0.15) is 0 Å². The molecule has 4 rings (SSSR count). The average molecular weight is 380 g/mol. The largest absolute Gasteiger partial charge is 0.496 e. The normalized spacial score (nSPS) is 27.2. The number of rotatable bonds is 3. The Morgan fingerprint density at radius 2 is 1.86 bits per heavy atom. The second kappa shape index (κ2) is 7.59. The summed E-state index contributed by atoms with van der Waals surface area (Å²) in [4.78, 5) is 15.6. The molecule has 0 bridgehead atoms.